The van der Waals surface area contributed by atoms with Gasteiger partial charge in [0.2, 0.25) is 21.8 Å². The summed E-state index contributed by atoms with van der Waals surface area (Å²) in [7, 11) is -2.21. The van der Waals surface area contributed by atoms with E-state index in [4.69, 9.17) is 4.74 Å². The van der Waals surface area contributed by atoms with Crippen LogP contribution in [0.25, 0.3) is 0 Å². The van der Waals surface area contributed by atoms with Gasteiger partial charge in [0.15, 0.2) is 11.9 Å². The highest BCUT2D eigenvalue weighted by Crippen LogP contribution is 2.20. The van der Waals surface area contributed by atoms with Gasteiger partial charge < -0.3 is 10.1 Å². The molecule has 1 aliphatic heterocycles. The smallest absolute Gasteiger partial charge is 0.272 e. The summed E-state index contributed by atoms with van der Waals surface area (Å²) in [5.74, 6) is -0.641. The molecule has 0 radical (unpaired) electrons. The number of pyridine rings is 1. The Kier molecular flexibility index (Phi) is 5.47. The normalized spacial score (nSPS) is 20.6. The summed E-state index contributed by atoms with van der Waals surface area (Å²) < 4.78 is 54.3. The molecule has 1 amide bonds. The first-order chi connectivity index (χ1) is 10.8. The lowest BCUT2D eigenvalue weighted by molar-refractivity contribution is -0.120. The van der Waals surface area contributed by atoms with Crippen molar-refractivity contribution in [3.63, 3.8) is 0 Å². The molecule has 0 spiro atoms. The molecule has 0 aromatic carbocycles. The Hall–Kier alpha value is -1.81. The number of sulfonamides is 1. The number of nitrogens with one attached hydrogen (secondary N) is 1. The van der Waals surface area contributed by atoms with Crippen molar-refractivity contribution in [3.05, 3.63) is 23.9 Å². The fourth-order valence-electron chi connectivity index (χ4n) is 2.19. The van der Waals surface area contributed by atoms with Crippen molar-refractivity contribution in [3.8, 4) is 5.88 Å². The number of amides is 1. The van der Waals surface area contributed by atoms with E-state index in [9.17, 15) is 22.0 Å². The SMILES string of the molecule is CN1CCC(C(=O)NCc2cccnc2OCC(F)F)S1(=O)=O. The Morgan fingerprint density at radius 2 is 2.30 bits per heavy atom. The van der Waals surface area contributed by atoms with E-state index in [2.05, 4.69) is 10.3 Å². The third kappa shape index (κ3) is 4.14. The van der Waals surface area contributed by atoms with Crippen molar-refractivity contribution in [1.29, 1.82) is 0 Å². The van der Waals surface area contributed by atoms with Crippen LogP contribution in [0.2, 0.25) is 0 Å². The van der Waals surface area contributed by atoms with Crippen molar-refractivity contribution in [2.75, 3.05) is 20.2 Å². The van der Waals surface area contributed by atoms with Crippen LogP contribution in [0.4, 0.5) is 8.78 Å². The van der Waals surface area contributed by atoms with Gasteiger partial charge in [0.05, 0.1) is 0 Å². The minimum atomic E-state index is -3.63. The molecule has 2 rings (SSSR count). The predicted molar refractivity (Wildman–Crippen MR) is 77.5 cm³/mol. The van der Waals surface area contributed by atoms with Crippen LogP contribution in [0.5, 0.6) is 5.88 Å². The fourth-order valence-corrected chi connectivity index (χ4v) is 3.74. The van der Waals surface area contributed by atoms with Crippen molar-refractivity contribution >= 4 is 15.9 Å². The highest BCUT2D eigenvalue weighted by molar-refractivity contribution is 7.90. The zero-order valence-corrected chi connectivity index (χ0v) is 13.2. The van der Waals surface area contributed by atoms with Crippen LogP contribution in [0.3, 0.4) is 0 Å². The van der Waals surface area contributed by atoms with Crippen LogP contribution < -0.4 is 10.1 Å². The molecule has 128 valence electrons. The number of aromatic nitrogens is 1. The van der Waals surface area contributed by atoms with Crippen molar-refractivity contribution < 1.29 is 26.7 Å². The Balaban J connectivity index is 2.00. The van der Waals surface area contributed by atoms with Crippen LogP contribution in [-0.4, -0.2) is 55.5 Å². The quantitative estimate of drug-likeness (QED) is 0.802. The van der Waals surface area contributed by atoms with E-state index in [-0.39, 0.29) is 25.4 Å². The molecular weight excluding hydrogens is 332 g/mol. The van der Waals surface area contributed by atoms with E-state index in [1.165, 1.54) is 13.2 Å². The van der Waals surface area contributed by atoms with E-state index in [0.717, 1.165) is 4.31 Å². The first-order valence-electron chi connectivity index (χ1n) is 6.90. The van der Waals surface area contributed by atoms with E-state index < -0.39 is 34.2 Å². The van der Waals surface area contributed by atoms with Gasteiger partial charge in [-0.25, -0.2) is 26.5 Å². The molecule has 1 fully saturated rings. The number of rotatable bonds is 6. The zero-order chi connectivity index (χ0) is 17.0. The third-order valence-electron chi connectivity index (χ3n) is 3.44. The van der Waals surface area contributed by atoms with Crippen molar-refractivity contribution in [2.45, 2.75) is 24.6 Å². The summed E-state index contributed by atoms with van der Waals surface area (Å²) >= 11 is 0. The molecule has 10 heteroatoms. The summed E-state index contributed by atoms with van der Waals surface area (Å²) in [4.78, 5) is 15.9. The number of hydrogen-bond donors (Lipinski definition) is 1. The largest absolute Gasteiger partial charge is 0.471 e. The standard InChI is InChI=1S/C13H17F2N3O4S/c1-18-6-4-10(23(18,20)21)12(19)17-7-9-3-2-5-16-13(9)22-8-11(14)15/h2-3,5,10-11H,4,6-8H2,1H3,(H,17,19). The van der Waals surface area contributed by atoms with E-state index in [1.807, 2.05) is 0 Å². The van der Waals surface area contributed by atoms with Gasteiger partial charge in [0.1, 0.15) is 0 Å². The Morgan fingerprint density at radius 3 is 2.91 bits per heavy atom. The molecule has 1 unspecified atom stereocenters. The van der Waals surface area contributed by atoms with E-state index in [1.54, 1.807) is 12.1 Å². The predicted octanol–water partition coefficient (Wildman–Crippen LogP) is 0.376. The van der Waals surface area contributed by atoms with Crippen LogP contribution >= 0.6 is 0 Å². The number of halogens is 2. The summed E-state index contributed by atoms with van der Waals surface area (Å²) in [6.45, 7) is -0.573. The summed E-state index contributed by atoms with van der Waals surface area (Å²) in [5.41, 5.74) is 0.394. The average molecular weight is 349 g/mol. The molecule has 7 nitrogen and oxygen atoms in total. The topological polar surface area (TPSA) is 88.6 Å². The molecule has 2 heterocycles. The number of carbonyl (C=O) groups excluding carboxylic acids is 1. The molecule has 1 aliphatic rings. The molecular formula is C13H17F2N3O4S. The lowest BCUT2D eigenvalue weighted by Crippen LogP contribution is -2.39. The number of ether oxygens (including phenoxy) is 1. The van der Waals surface area contributed by atoms with Gasteiger partial charge in [0, 0.05) is 31.9 Å². The van der Waals surface area contributed by atoms with Gasteiger partial charge in [-0.05, 0) is 12.5 Å². The van der Waals surface area contributed by atoms with Crippen LogP contribution in [0.15, 0.2) is 18.3 Å². The fraction of sp³-hybridized carbons (Fsp3) is 0.538. The van der Waals surface area contributed by atoms with Gasteiger partial charge in [-0.3, -0.25) is 4.79 Å². The van der Waals surface area contributed by atoms with Gasteiger partial charge in [-0.2, -0.15) is 0 Å². The van der Waals surface area contributed by atoms with Crippen molar-refractivity contribution in [2.24, 2.45) is 0 Å². The first kappa shape index (κ1) is 17.5. The number of alkyl halides is 2. The molecule has 23 heavy (non-hydrogen) atoms. The average Bonchev–Trinajstić information content (AvgIpc) is 2.77. The van der Waals surface area contributed by atoms with Crippen molar-refractivity contribution in [1.82, 2.24) is 14.6 Å². The highest BCUT2D eigenvalue weighted by Gasteiger charge is 2.41. The second kappa shape index (κ2) is 7.18. The number of carbonyl (C=O) groups is 1. The maximum atomic E-state index is 12.2. The molecule has 0 bridgehead atoms. The Labute approximate surface area is 132 Å². The van der Waals surface area contributed by atoms with Gasteiger partial charge >= 0.3 is 0 Å². The maximum absolute atomic E-state index is 12.2. The monoisotopic (exact) mass is 349 g/mol. The van der Waals surface area contributed by atoms with Crippen LogP contribution in [-0.2, 0) is 21.4 Å². The molecule has 1 saturated heterocycles. The van der Waals surface area contributed by atoms with Crippen LogP contribution in [0.1, 0.15) is 12.0 Å². The van der Waals surface area contributed by atoms with Gasteiger partial charge in [-0.15, -0.1) is 0 Å². The lowest BCUT2D eigenvalue weighted by atomic mass is 10.2. The molecule has 1 atom stereocenters. The summed E-state index contributed by atoms with van der Waals surface area (Å²) in [6, 6.07) is 3.13. The second-order valence-electron chi connectivity index (χ2n) is 5.03. The summed E-state index contributed by atoms with van der Waals surface area (Å²) in [5, 5.41) is 1.36. The number of nitrogens with zero attached hydrogens (tertiary/aromatic N) is 2. The second-order valence-corrected chi connectivity index (χ2v) is 7.25. The minimum Gasteiger partial charge on any atom is -0.471 e. The highest BCUT2D eigenvalue weighted by atomic mass is 32.2. The van der Waals surface area contributed by atoms with Gasteiger partial charge in [-0.1, -0.05) is 6.07 Å². The summed E-state index contributed by atoms with van der Waals surface area (Å²) in [6.07, 6.45) is -1.05. The Bertz CT molecular complexity index is 669. The molecule has 0 saturated carbocycles. The van der Waals surface area contributed by atoms with E-state index >= 15 is 0 Å². The third-order valence-corrected chi connectivity index (χ3v) is 5.66. The first-order valence-corrected chi connectivity index (χ1v) is 8.40. The molecule has 1 N–H and O–H groups in total. The lowest BCUT2D eigenvalue weighted by Gasteiger charge is -2.14. The molecule has 1 aromatic heterocycles. The zero-order valence-electron chi connectivity index (χ0n) is 12.4. The Morgan fingerprint density at radius 1 is 1.57 bits per heavy atom. The van der Waals surface area contributed by atoms with Gasteiger partial charge in [0.25, 0.3) is 6.43 Å². The molecule has 1 aromatic rings. The maximum Gasteiger partial charge on any atom is 0.272 e. The molecule has 0 aliphatic carbocycles. The minimum absolute atomic E-state index is 0.0144. The van der Waals surface area contributed by atoms with E-state index in [0.29, 0.717) is 5.56 Å². The van der Waals surface area contributed by atoms with Crippen LogP contribution in [0, 0.1) is 0 Å². The number of hydrogen-bond acceptors (Lipinski definition) is 5.